The number of aromatic nitrogens is 2. The molecule has 0 radical (unpaired) electrons. The van der Waals surface area contributed by atoms with Crippen LogP contribution in [0.1, 0.15) is 25.6 Å². The Morgan fingerprint density at radius 2 is 2.25 bits per heavy atom. The summed E-state index contributed by atoms with van der Waals surface area (Å²) in [6.45, 7) is 11.2. The van der Waals surface area contributed by atoms with Crippen molar-refractivity contribution in [1.82, 2.24) is 20.2 Å². The number of unbranched alkanes of at least 4 members (excludes halogenated alkanes) is 1. The molecule has 0 atom stereocenters. The Hall–Kier alpha value is -1.05. The molecule has 0 aliphatic heterocycles. The first-order valence-corrected chi connectivity index (χ1v) is 6.88. The zero-order chi connectivity index (χ0) is 13.9. The second-order valence-electron chi connectivity index (χ2n) is 4.31. The van der Waals surface area contributed by atoms with Gasteiger partial charge in [-0.3, -0.25) is 4.99 Å². The molecule has 1 aromatic rings. The standard InChI is InChI=1S/C14H25N5.HI/c1-4-8-17-14(15-5-2)18-9-6-7-11-19-12-10-16-13(19)3;/h4,10,12H,1,5-9,11H2,2-3H3,(H2,15,17,18);1H. The van der Waals surface area contributed by atoms with Crippen LogP contribution in [0.2, 0.25) is 0 Å². The number of guanidine groups is 1. The summed E-state index contributed by atoms with van der Waals surface area (Å²) in [5.74, 6) is 1.94. The Kier molecular flexibility index (Phi) is 11.1. The number of aliphatic imine (C=N–C) groups is 1. The van der Waals surface area contributed by atoms with E-state index in [0.29, 0.717) is 0 Å². The zero-order valence-electron chi connectivity index (χ0n) is 12.4. The summed E-state index contributed by atoms with van der Waals surface area (Å²) in [5, 5.41) is 6.40. The van der Waals surface area contributed by atoms with E-state index in [1.165, 1.54) is 0 Å². The van der Waals surface area contributed by atoms with Crippen LogP contribution in [-0.2, 0) is 6.54 Å². The number of hydrogen-bond acceptors (Lipinski definition) is 2. The summed E-state index contributed by atoms with van der Waals surface area (Å²) < 4.78 is 2.17. The van der Waals surface area contributed by atoms with Gasteiger partial charge in [0.05, 0.1) is 0 Å². The minimum absolute atomic E-state index is 0. The molecule has 0 aliphatic carbocycles. The highest BCUT2D eigenvalue weighted by atomic mass is 127. The largest absolute Gasteiger partial charge is 0.357 e. The minimum Gasteiger partial charge on any atom is -0.357 e. The van der Waals surface area contributed by atoms with Crippen LogP contribution in [0.5, 0.6) is 0 Å². The molecule has 1 rings (SSSR count). The van der Waals surface area contributed by atoms with E-state index in [1.807, 2.05) is 25.4 Å². The topological polar surface area (TPSA) is 54.2 Å². The number of nitrogens with one attached hydrogen (secondary N) is 2. The predicted octanol–water partition coefficient (Wildman–Crippen LogP) is 2.33. The van der Waals surface area contributed by atoms with E-state index in [-0.39, 0.29) is 24.0 Å². The molecule has 0 aliphatic rings. The summed E-state index contributed by atoms with van der Waals surface area (Å²) in [6.07, 6.45) is 7.88. The van der Waals surface area contributed by atoms with Crippen LogP contribution < -0.4 is 10.6 Å². The average Bonchev–Trinajstić information content (AvgIpc) is 2.81. The molecule has 0 amide bonds. The Bertz CT molecular complexity index is 400. The first kappa shape index (κ1) is 18.9. The van der Waals surface area contributed by atoms with Gasteiger partial charge >= 0.3 is 0 Å². The van der Waals surface area contributed by atoms with E-state index < -0.39 is 0 Å². The third-order valence-electron chi connectivity index (χ3n) is 2.76. The molecule has 6 heteroatoms. The molecule has 0 saturated carbocycles. The summed E-state index contributed by atoms with van der Waals surface area (Å²) in [5.41, 5.74) is 0. The molecule has 0 bridgehead atoms. The van der Waals surface area contributed by atoms with Crippen molar-refractivity contribution in [2.45, 2.75) is 33.2 Å². The van der Waals surface area contributed by atoms with Crippen molar-refractivity contribution in [2.24, 2.45) is 4.99 Å². The molecule has 20 heavy (non-hydrogen) atoms. The smallest absolute Gasteiger partial charge is 0.191 e. The molecule has 0 unspecified atom stereocenters. The SMILES string of the molecule is C=CCNC(=NCCCCn1ccnc1C)NCC.I. The molecule has 114 valence electrons. The van der Waals surface area contributed by atoms with Crippen molar-refractivity contribution in [1.29, 1.82) is 0 Å². The van der Waals surface area contributed by atoms with Gasteiger partial charge < -0.3 is 15.2 Å². The van der Waals surface area contributed by atoms with Gasteiger partial charge in [-0.05, 0) is 26.7 Å². The van der Waals surface area contributed by atoms with Gasteiger partial charge in [0, 0.05) is 38.6 Å². The molecule has 0 fully saturated rings. The van der Waals surface area contributed by atoms with Gasteiger partial charge in [-0.15, -0.1) is 30.6 Å². The maximum Gasteiger partial charge on any atom is 0.191 e. The predicted molar refractivity (Wildman–Crippen MR) is 95.8 cm³/mol. The Morgan fingerprint density at radius 1 is 1.45 bits per heavy atom. The maximum absolute atomic E-state index is 4.51. The first-order valence-electron chi connectivity index (χ1n) is 6.88. The van der Waals surface area contributed by atoms with Gasteiger partial charge in [0.2, 0.25) is 0 Å². The van der Waals surface area contributed by atoms with Crippen molar-refractivity contribution in [3.05, 3.63) is 30.9 Å². The quantitative estimate of drug-likeness (QED) is 0.235. The van der Waals surface area contributed by atoms with Crippen molar-refractivity contribution < 1.29 is 0 Å². The van der Waals surface area contributed by atoms with Crippen LogP contribution in [0.3, 0.4) is 0 Å². The second-order valence-corrected chi connectivity index (χ2v) is 4.31. The fourth-order valence-corrected chi connectivity index (χ4v) is 1.74. The van der Waals surface area contributed by atoms with E-state index in [1.54, 1.807) is 0 Å². The zero-order valence-corrected chi connectivity index (χ0v) is 14.8. The van der Waals surface area contributed by atoms with Crippen LogP contribution >= 0.6 is 24.0 Å². The van der Waals surface area contributed by atoms with E-state index in [0.717, 1.165) is 50.8 Å². The molecule has 1 heterocycles. The van der Waals surface area contributed by atoms with Crippen molar-refractivity contribution in [3.8, 4) is 0 Å². The van der Waals surface area contributed by atoms with Crippen LogP contribution in [-0.4, -0.2) is 35.1 Å². The Morgan fingerprint density at radius 3 is 2.85 bits per heavy atom. The maximum atomic E-state index is 4.51. The van der Waals surface area contributed by atoms with Crippen LogP contribution in [0.15, 0.2) is 30.0 Å². The molecule has 0 saturated heterocycles. The fourth-order valence-electron chi connectivity index (χ4n) is 1.74. The third kappa shape index (κ3) is 7.52. The number of hydrogen-bond donors (Lipinski definition) is 2. The summed E-state index contributed by atoms with van der Waals surface area (Å²) >= 11 is 0. The van der Waals surface area contributed by atoms with Gasteiger partial charge in [-0.25, -0.2) is 4.98 Å². The fraction of sp³-hybridized carbons (Fsp3) is 0.571. The van der Waals surface area contributed by atoms with Crippen LogP contribution in [0.25, 0.3) is 0 Å². The number of imidazole rings is 1. The van der Waals surface area contributed by atoms with E-state index in [9.17, 15) is 0 Å². The summed E-state index contributed by atoms with van der Waals surface area (Å²) in [4.78, 5) is 8.72. The summed E-state index contributed by atoms with van der Waals surface area (Å²) in [6, 6.07) is 0. The van der Waals surface area contributed by atoms with E-state index in [2.05, 4.69) is 38.7 Å². The Balaban J connectivity index is 0.00000361. The lowest BCUT2D eigenvalue weighted by atomic mass is 10.3. The molecular formula is C14H26IN5. The highest BCUT2D eigenvalue weighted by molar-refractivity contribution is 14.0. The van der Waals surface area contributed by atoms with Crippen molar-refractivity contribution in [2.75, 3.05) is 19.6 Å². The lowest BCUT2D eigenvalue weighted by Gasteiger charge is -2.09. The van der Waals surface area contributed by atoms with Gasteiger partial charge in [-0.1, -0.05) is 6.08 Å². The highest BCUT2D eigenvalue weighted by Gasteiger charge is 1.97. The number of aryl methyl sites for hydroxylation is 2. The molecule has 0 aromatic carbocycles. The van der Waals surface area contributed by atoms with Gasteiger partial charge in [-0.2, -0.15) is 0 Å². The lowest BCUT2D eigenvalue weighted by Crippen LogP contribution is -2.37. The number of halogens is 1. The highest BCUT2D eigenvalue weighted by Crippen LogP contribution is 1.99. The van der Waals surface area contributed by atoms with E-state index in [4.69, 9.17) is 0 Å². The molecule has 1 aromatic heterocycles. The van der Waals surface area contributed by atoms with Gasteiger partial charge in [0.15, 0.2) is 5.96 Å². The number of rotatable bonds is 8. The average molecular weight is 391 g/mol. The molecular weight excluding hydrogens is 365 g/mol. The summed E-state index contributed by atoms with van der Waals surface area (Å²) in [7, 11) is 0. The molecule has 5 nitrogen and oxygen atoms in total. The normalized spacial score (nSPS) is 10.8. The van der Waals surface area contributed by atoms with E-state index >= 15 is 0 Å². The van der Waals surface area contributed by atoms with Crippen molar-refractivity contribution in [3.63, 3.8) is 0 Å². The lowest BCUT2D eigenvalue weighted by molar-refractivity contribution is 0.601. The monoisotopic (exact) mass is 391 g/mol. The van der Waals surface area contributed by atoms with Crippen molar-refractivity contribution >= 4 is 29.9 Å². The molecule has 2 N–H and O–H groups in total. The molecule has 0 spiro atoms. The van der Waals surface area contributed by atoms with Gasteiger partial charge in [0.25, 0.3) is 0 Å². The Labute approximate surface area is 139 Å². The number of nitrogens with zero attached hydrogens (tertiary/aromatic N) is 3. The third-order valence-corrected chi connectivity index (χ3v) is 2.76. The van der Waals surface area contributed by atoms with Crippen LogP contribution in [0, 0.1) is 6.92 Å². The first-order chi connectivity index (χ1) is 9.27. The minimum atomic E-state index is 0. The van der Waals surface area contributed by atoms with Gasteiger partial charge in [0.1, 0.15) is 5.82 Å². The second kappa shape index (κ2) is 11.7. The van der Waals surface area contributed by atoms with Crippen LogP contribution in [0.4, 0.5) is 0 Å².